The summed E-state index contributed by atoms with van der Waals surface area (Å²) in [6, 6.07) is 0.111. The predicted octanol–water partition coefficient (Wildman–Crippen LogP) is 1.04. The maximum Gasteiger partial charge on any atom is 0.222 e. The summed E-state index contributed by atoms with van der Waals surface area (Å²) in [5, 5.41) is 3.13. The molecule has 1 aliphatic heterocycles. The maximum atomic E-state index is 5.68. The minimum Gasteiger partial charge on any atom is -0.353 e. The molecule has 18 heavy (non-hydrogen) atoms. The Kier molecular flexibility index (Phi) is 4.49. The van der Waals surface area contributed by atoms with Gasteiger partial charge in [-0.15, -0.1) is 0 Å². The Morgan fingerprint density at radius 3 is 2.83 bits per heavy atom. The lowest BCUT2D eigenvalue weighted by Gasteiger charge is -2.29. The molecular weight excluding hydrogens is 226 g/mol. The van der Waals surface area contributed by atoms with Crippen molar-refractivity contribution in [2.24, 2.45) is 5.73 Å². The van der Waals surface area contributed by atoms with Gasteiger partial charge in [-0.25, -0.2) is 9.97 Å². The van der Waals surface area contributed by atoms with Gasteiger partial charge in [0.25, 0.3) is 0 Å². The quantitative estimate of drug-likeness (QED) is 0.834. The summed E-state index contributed by atoms with van der Waals surface area (Å²) in [7, 11) is 2.17. The third-order valence-corrected chi connectivity index (χ3v) is 3.35. The minimum atomic E-state index is 0.111. The molecule has 3 N–H and O–H groups in total. The van der Waals surface area contributed by atoms with Crippen molar-refractivity contribution in [3.63, 3.8) is 0 Å². The number of rotatable bonds is 4. The molecule has 2 unspecified atom stereocenters. The molecule has 1 fully saturated rings. The molecule has 0 aliphatic carbocycles. The van der Waals surface area contributed by atoms with E-state index in [4.69, 9.17) is 5.73 Å². The van der Waals surface area contributed by atoms with Crippen molar-refractivity contribution in [3.05, 3.63) is 18.0 Å². The Labute approximate surface area is 109 Å². The van der Waals surface area contributed by atoms with Gasteiger partial charge in [-0.3, -0.25) is 0 Å². The fraction of sp³-hybridized carbons (Fsp3) is 0.692. The lowest BCUT2D eigenvalue weighted by molar-refractivity contribution is 0.250. The third-order valence-electron chi connectivity index (χ3n) is 3.35. The normalized spacial score (nSPS) is 22.7. The second-order valence-electron chi connectivity index (χ2n) is 5.30. The van der Waals surface area contributed by atoms with Crippen LogP contribution in [0, 0.1) is 0 Å². The summed E-state index contributed by atoms with van der Waals surface area (Å²) < 4.78 is 0. The van der Waals surface area contributed by atoms with Crippen LogP contribution in [-0.4, -0.2) is 47.6 Å². The minimum absolute atomic E-state index is 0.111. The van der Waals surface area contributed by atoms with E-state index in [1.54, 1.807) is 0 Å². The van der Waals surface area contributed by atoms with Gasteiger partial charge in [0, 0.05) is 31.5 Å². The summed E-state index contributed by atoms with van der Waals surface area (Å²) in [5.74, 6) is 1.24. The van der Waals surface area contributed by atoms with Crippen molar-refractivity contribution in [3.8, 4) is 0 Å². The molecule has 1 aliphatic rings. The number of nitrogens with zero attached hydrogens (tertiary/aromatic N) is 3. The van der Waals surface area contributed by atoms with E-state index in [9.17, 15) is 0 Å². The molecule has 0 bridgehead atoms. The van der Waals surface area contributed by atoms with E-state index in [-0.39, 0.29) is 6.04 Å². The Hall–Kier alpha value is -1.20. The average molecular weight is 249 g/mol. The van der Waals surface area contributed by atoms with Crippen molar-refractivity contribution in [2.45, 2.75) is 31.7 Å². The highest BCUT2D eigenvalue weighted by molar-refractivity contribution is 5.26. The molecule has 0 aromatic carbocycles. The van der Waals surface area contributed by atoms with Gasteiger partial charge in [0.1, 0.15) is 0 Å². The molecule has 2 heterocycles. The Morgan fingerprint density at radius 1 is 1.50 bits per heavy atom. The third kappa shape index (κ3) is 3.65. The predicted molar refractivity (Wildman–Crippen MR) is 73.6 cm³/mol. The van der Waals surface area contributed by atoms with Crippen LogP contribution < -0.4 is 11.1 Å². The number of hydrogen-bond donors (Lipinski definition) is 2. The van der Waals surface area contributed by atoms with Gasteiger partial charge in [-0.2, -0.15) is 0 Å². The number of likely N-dealkylation sites (tertiary alicyclic amines) is 1. The van der Waals surface area contributed by atoms with E-state index in [2.05, 4.69) is 27.2 Å². The zero-order chi connectivity index (χ0) is 13.0. The number of hydrogen-bond acceptors (Lipinski definition) is 5. The second-order valence-corrected chi connectivity index (χ2v) is 5.30. The van der Waals surface area contributed by atoms with Gasteiger partial charge in [0.05, 0.1) is 0 Å². The van der Waals surface area contributed by atoms with Crippen LogP contribution in [0.15, 0.2) is 12.4 Å². The number of aromatic nitrogens is 2. The molecule has 1 aromatic rings. The van der Waals surface area contributed by atoms with Crippen LogP contribution in [0.25, 0.3) is 0 Å². The van der Waals surface area contributed by atoms with Gasteiger partial charge < -0.3 is 16.0 Å². The van der Waals surface area contributed by atoms with Gasteiger partial charge in [-0.1, -0.05) is 0 Å². The Bertz CT molecular complexity index is 362. The topological polar surface area (TPSA) is 67.1 Å². The van der Waals surface area contributed by atoms with Crippen LogP contribution in [-0.2, 0) is 0 Å². The number of anilines is 1. The fourth-order valence-electron chi connectivity index (χ4n) is 2.33. The molecule has 0 radical (unpaired) electrons. The first kappa shape index (κ1) is 13.2. The Morgan fingerprint density at radius 2 is 2.22 bits per heavy atom. The van der Waals surface area contributed by atoms with Crippen molar-refractivity contribution in [2.75, 3.05) is 32.0 Å². The molecule has 100 valence electrons. The molecule has 1 saturated heterocycles. The van der Waals surface area contributed by atoms with Gasteiger partial charge in [0.15, 0.2) is 0 Å². The highest BCUT2D eigenvalue weighted by atomic mass is 15.1. The number of likely N-dealkylation sites (N-methyl/N-ethyl adjacent to an activating group) is 1. The molecule has 0 spiro atoms. The summed E-state index contributed by atoms with van der Waals surface area (Å²) >= 11 is 0. The zero-order valence-corrected chi connectivity index (χ0v) is 11.3. The van der Waals surface area contributed by atoms with Crippen LogP contribution >= 0.6 is 0 Å². The molecule has 0 amide bonds. The molecule has 5 heteroatoms. The summed E-state index contributed by atoms with van der Waals surface area (Å²) in [6.07, 6.45) is 6.38. The van der Waals surface area contributed by atoms with Crippen LogP contribution in [0.5, 0.6) is 0 Å². The smallest absolute Gasteiger partial charge is 0.222 e. The van der Waals surface area contributed by atoms with E-state index < -0.39 is 0 Å². The van der Waals surface area contributed by atoms with Gasteiger partial charge in [-0.05, 0) is 44.8 Å². The SMILES string of the molecule is CC(N)CNc1ncc(C2CCCN(C)C2)cn1. The number of nitrogens with one attached hydrogen (secondary N) is 1. The molecule has 1 aromatic heterocycles. The summed E-state index contributed by atoms with van der Waals surface area (Å²) in [6.45, 7) is 4.96. The van der Waals surface area contributed by atoms with E-state index in [0.717, 1.165) is 6.54 Å². The molecule has 5 nitrogen and oxygen atoms in total. The zero-order valence-electron chi connectivity index (χ0n) is 11.3. The van der Waals surface area contributed by atoms with Crippen LogP contribution in [0.2, 0.25) is 0 Å². The van der Waals surface area contributed by atoms with E-state index in [1.807, 2.05) is 19.3 Å². The first-order chi connectivity index (χ1) is 8.65. The van der Waals surface area contributed by atoms with Crippen molar-refractivity contribution < 1.29 is 0 Å². The lowest BCUT2D eigenvalue weighted by Crippen LogP contribution is -2.31. The molecule has 2 rings (SSSR count). The highest BCUT2D eigenvalue weighted by Crippen LogP contribution is 2.25. The van der Waals surface area contributed by atoms with Crippen LogP contribution in [0.3, 0.4) is 0 Å². The monoisotopic (exact) mass is 249 g/mol. The molecule has 0 saturated carbocycles. The first-order valence-electron chi connectivity index (χ1n) is 6.65. The van der Waals surface area contributed by atoms with E-state index in [0.29, 0.717) is 18.4 Å². The summed E-state index contributed by atoms with van der Waals surface area (Å²) in [4.78, 5) is 11.1. The van der Waals surface area contributed by atoms with E-state index >= 15 is 0 Å². The summed E-state index contributed by atoms with van der Waals surface area (Å²) in [5.41, 5.74) is 6.92. The van der Waals surface area contributed by atoms with Crippen molar-refractivity contribution in [1.29, 1.82) is 0 Å². The first-order valence-corrected chi connectivity index (χ1v) is 6.65. The second kappa shape index (κ2) is 6.11. The van der Waals surface area contributed by atoms with Gasteiger partial charge >= 0.3 is 0 Å². The maximum absolute atomic E-state index is 5.68. The van der Waals surface area contributed by atoms with E-state index in [1.165, 1.54) is 24.9 Å². The standard InChI is InChI=1S/C13H23N5/c1-10(14)6-15-13-16-7-12(8-17-13)11-4-3-5-18(2)9-11/h7-8,10-11H,3-6,9,14H2,1-2H3,(H,15,16,17). The average Bonchev–Trinajstić information content (AvgIpc) is 2.37. The number of piperidine rings is 1. The van der Waals surface area contributed by atoms with Crippen LogP contribution in [0.1, 0.15) is 31.2 Å². The lowest BCUT2D eigenvalue weighted by atomic mass is 9.93. The molecular formula is C13H23N5. The largest absolute Gasteiger partial charge is 0.353 e. The van der Waals surface area contributed by atoms with Crippen LogP contribution in [0.4, 0.5) is 5.95 Å². The van der Waals surface area contributed by atoms with Crippen molar-refractivity contribution >= 4 is 5.95 Å². The Balaban J connectivity index is 1.94. The fourth-order valence-corrected chi connectivity index (χ4v) is 2.33. The number of nitrogens with two attached hydrogens (primary N) is 1. The van der Waals surface area contributed by atoms with Gasteiger partial charge in [0.2, 0.25) is 5.95 Å². The van der Waals surface area contributed by atoms with Crippen molar-refractivity contribution in [1.82, 2.24) is 14.9 Å². The molecule has 2 atom stereocenters. The highest BCUT2D eigenvalue weighted by Gasteiger charge is 2.19.